The average molecular weight is 466 g/mol. The zero-order chi connectivity index (χ0) is 23.6. The molecular formula is C28H23N3O4. The number of amidine groups is 1. The van der Waals surface area contributed by atoms with Crippen molar-refractivity contribution in [2.45, 2.75) is 12.0 Å². The van der Waals surface area contributed by atoms with Gasteiger partial charge in [-0.25, -0.2) is 0 Å². The zero-order valence-corrected chi connectivity index (χ0v) is 19.0. The Labute approximate surface area is 202 Å². The van der Waals surface area contributed by atoms with Gasteiger partial charge in [0.15, 0.2) is 11.5 Å². The first kappa shape index (κ1) is 20.1. The molecule has 35 heavy (non-hydrogen) atoms. The molecule has 4 aliphatic rings. The van der Waals surface area contributed by atoms with Crippen molar-refractivity contribution in [1.82, 2.24) is 0 Å². The number of rotatable bonds is 3. The predicted molar refractivity (Wildman–Crippen MR) is 132 cm³/mol. The minimum Gasteiger partial charge on any atom is -0.491 e. The molecule has 4 heterocycles. The Balaban J connectivity index is 1.25. The second-order valence-corrected chi connectivity index (χ2v) is 9.20. The molecule has 0 saturated heterocycles. The van der Waals surface area contributed by atoms with Gasteiger partial charge in [0.1, 0.15) is 36.8 Å². The Bertz CT molecular complexity index is 1440. The Hall–Kier alpha value is -4.26. The molecular weight excluding hydrogens is 442 g/mol. The molecule has 7 nitrogen and oxygen atoms in total. The van der Waals surface area contributed by atoms with E-state index in [1.165, 1.54) is 0 Å². The van der Waals surface area contributed by atoms with Gasteiger partial charge in [0.25, 0.3) is 0 Å². The van der Waals surface area contributed by atoms with E-state index in [4.69, 9.17) is 19.9 Å². The van der Waals surface area contributed by atoms with Crippen molar-refractivity contribution in [1.29, 1.82) is 0 Å². The van der Waals surface area contributed by atoms with Crippen molar-refractivity contribution in [2.75, 3.05) is 31.3 Å². The summed E-state index contributed by atoms with van der Waals surface area (Å²) < 4.78 is 17.7. The van der Waals surface area contributed by atoms with Crippen LogP contribution >= 0.6 is 0 Å². The number of hydrogen-bond acceptors (Lipinski definition) is 6. The number of carbonyl (C=O) groups is 1. The molecule has 0 aromatic heterocycles. The number of carbonyl (C=O) groups excluding carboxylic acids is 1. The fourth-order valence-corrected chi connectivity index (χ4v) is 5.50. The van der Waals surface area contributed by atoms with Gasteiger partial charge in [0.2, 0.25) is 5.91 Å². The molecule has 1 amide bonds. The lowest BCUT2D eigenvalue weighted by atomic mass is 9.77. The third-order valence-corrected chi connectivity index (χ3v) is 7.23. The van der Waals surface area contributed by atoms with E-state index in [-0.39, 0.29) is 12.5 Å². The molecule has 1 spiro atoms. The number of nitrogens with zero attached hydrogens (tertiary/aromatic N) is 2. The summed E-state index contributed by atoms with van der Waals surface area (Å²) in [5, 5.41) is 0. The van der Waals surface area contributed by atoms with E-state index in [0.717, 1.165) is 33.5 Å². The van der Waals surface area contributed by atoms with Gasteiger partial charge in [0.05, 0.1) is 13.1 Å². The zero-order valence-electron chi connectivity index (χ0n) is 19.0. The summed E-state index contributed by atoms with van der Waals surface area (Å²) in [6.07, 6.45) is 1.91. The van der Waals surface area contributed by atoms with Crippen molar-refractivity contribution >= 4 is 23.0 Å². The van der Waals surface area contributed by atoms with Crippen molar-refractivity contribution in [3.63, 3.8) is 0 Å². The lowest BCUT2D eigenvalue weighted by Crippen LogP contribution is -2.42. The van der Waals surface area contributed by atoms with E-state index in [2.05, 4.69) is 29.3 Å². The van der Waals surface area contributed by atoms with E-state index in [0.29, 0.717) is 49.4 Å². The molecule has 0 saturated carbocycles. The lowest BCUT2D eigenvalue weighted by Gasteiger charge is -2.24. The van der Waals surface area contributed by atoms with Crippen LogP contribution in [0.2, 0.25) is 0 Å². The Morgan fingerprint density at radius 3 is 2.46 bits per heavy atom. The summed E-state index contributed by atoms with van der Waals surface area (Å²) in [7, 11) is 0. The number of fused-ring (bicyclic) bond motifs is 5. The maximum atomic E-state index is 14.2. The Morgan fingerprint density at radius 2 is 1.69 bits per heavy atom. The molecule has 0 aliphatic carbocycles. The highest BCUT2D eigenvalue weighted by Crippen LogP contribution is 2.55. The van der Waals surface area contributed by atoms with Crippen LogP contribution < -0.4 is 24.8 Å². The highest BCUT2D eigenvalue weighted by Gasteiger charge is 2.57. The molecule has 0 fully saturated rings. The summed E-state index contributed by atoms with van der Waals surface area (Å²) in [5.41, 5.74) is 10.8. The largest absolute Gasteiger partial charge is 0.491 e. The first-order chi connectivity index (χ1) is 17.1. The van der Waals surface area contributed by atoms with E-state index >= 15 is 0 Å². The number of amides is 1. The highest BCUT2D eigenvalue weighted by molar-refractivity contribution is 6.11. The predicted octanol–water partition coefficient (Wildman–Crippen LogP) is 3.44. The van der Waals surface area contributed by atoms with E-state index in [1.807, 2.05) is 47.4 Å². The van der Waals surface area contributed by atoms with Gasteiger partial charge in [-0.3, -0.25) is 9.79 Å². The number of benzene rings is 3. The van der Waals surface area contributed by atoms with Crippen LogP contribution in [0.3, 0.4) is 0 Å². The van der Waals surface area contributed by atoms with Crippen LogP contribution in [0.1, 0.15) is 22.3 Å². The number of hydrogen-bond donors (Lipinski definition) is 1. The molecule has 2 N–H and O–H groups in total. The third kappa shape index (κ3) is 2.91. The minimum atomic E-state index is -0.898. The van der Waals surface area contributed by atoms with Gasteiger partial charge >= 0.3 is 0 Å². The van der Waals surface area contributed by atoms with Crippen molar-refractivity contribution < 1.29 is 19.0 Å². The molecule has 174 valence electrons. The van der Waals surface area contributed by atoms with Crippen molar-refractivity contribution in [3.05, 3.63) is 89.0 Å². The Morgan fingerprint density at radius 1 is 0.914 bits per heavy atom. The molecule has 7 heteroatoms. The van der Waals surface area contributed by atoms with E-state index < -0.39 is 5.41 Å². The van der Waals surface area contributed by atoms with Gasteiger partial charge in [-0.15, -0.1) is 0 Å². The molecule has 1 unspecified atom stereocenters. The Kier molecular flexibility index (Phi) is 4.24. The quantitative estimate of drug-likeness (QED) is 0.641. The standard InChI is InChI=1S/C28H23N3O4/c29-26-11-19(14-30-26)18-7-5-17(6-8-18)15-31-22-4-2-1-3-20(22)28(27(31)32)16-35-23-13-25-24(12-21(23)28)33-9-10-34-25/h1-8,11-13H,9-10,14-16H2,(H2,29,30). The van der Waals surface area contributed by atoms with E-state index in [1.54, 1.807) is 0 Å². The summed E-state index contributed by atoms with van der Waals surface area (Å²) in [6, 6.07) is 20.0. The molecule has 7 rings (SSSR count). The van der Waals surface area contributed by atoms with Crippen LogP contribution in [0.4, 0.5) is 5.69 Å². The number of ether oxygens (including phenoxy) is 3. The average Bonchev–Trinajstić information content (AvgIpc) is 3.56. The second kappa shape index (κ2) is 7.37. The normalized spacial score (nSPS) is 21.5. The topological polar surface area (TPSA) is 86.4 Å². The highest BCUT2D eigenvalue weighted by atomic mass is 16.6. The number of nitrogens with two attached hydrogens (primary N) is 1. The molecule has 0 bridgehead atoms. The second-order valence-electron chi connectivity index (χ2n) is 9.20. The van der Waals surface area contributed by atoms with Crippen LogP contribution in [-0.2, 0) is 16.8 Å². The van der Waals surface area contributed by atoms with E-state index in [9.17, 15) is 4.79 Å². The number of anilines is 1. The van der Waals surface area contributed by atoms with Crippen molar-refractivity contribution in [3.8, 4) is 17.2 Å². The van der Waals surface area contributed by atoms with Gasteiger partial charge in [0, 0.05) is 17.3 Å². The maximum Gasteiger partial charge on any atom is 0.246 e. The fraction of sp³-hybridized carbons (Fsp3) is 0.214. The van der Waals surface area contributed by atoms with Gasteiger partial charge in [-0.2, -0.15) is 0 Å². The van der Waals surface area contributed by atoms with Gasteiger partial charge in [-0.1, -0.05) is 42.5 Å². The first-order valence-corrected chi connectivity index (χ1v) is 11.7. The fourth-order valence-electron chi connectivity index (χ4n) is 5.50. The van der Waals surface area contributed by atoms with Crippen LogP contribution in [-0.4, -0.2) is 38.1 Å². The molecule has 3 aromatic rings. The van der Waals surface area contributed by atoms with Gasteiger partial charge in [-0.05, 0) is 40.5 Å². The van der Waals surface area contributed by atoms with Crippen molar-refractivity contribution in [2.24, 2.45) is 10.7 Å². The van der Waals surface area contributed by atoms with Gasteiger partial charge < -0.3 is 24.8 Å². The smallest absolute Gasteiger partial charge is 0.246 e. The lowest BCUT2D eigenvalue weighted by molar-refractivity contribution is -0.122. The monoisotopic (exact) mass is 465 g/mol. The van der Waals surface area contributed by atoms with Crippen LogP contribution in [0.5, 0.6) is 17.2 Å². The SMILES string of the molecule is NC1=NCC(c2ccc(CN3C(=O)C4(COc5cc6c(cc54)OCCO6)c4ccccc43)cc2)=C1. The maximum absolute atomic E-state index is 14.2. The third-order valence-electron chi connectivity index (χ3n) is 7.23. The number of aliphatic imine (C=N–C) groups is 1. The number of para-hydroxylation sites is 1. The summed E-state index contributed by atoms with van der Waals surface area (Å²) in [4.78, 5) is 20.3. The molecule has 1 atom stereocenters. The first-order valence-electron chi connectivity index (χ1n) is 11.7. The molecule has 0 radical (unpaired) electrons. The minimum absolute atomic E-state index is 0.0119. The van der Waals surface area contributed by atoms with Crippen LogP contribution in [0.25, 0.3) is 5.57 Å². The summed E-state index contributed by atoms with van der Waals surface area (Å²) in [5.74, 6) is 2.57. The summed E-state index contributed by atoms with van der Waals surface area (Å²) >= 11 is 0. The summed E-state index contributed by atoms with van der Waals surface area (Å²) in [6.45, 7) is 2.32. The molecule has 3 aromatic carbocycles. The molecule has 4 aliphatic heterocycles. The van der Waals surface area contributed by atoms with Crippen LogP contribution in [0.15, 0.2) is 71.7 Å². The van der Waals surface area contributed by atoms with Crippen LogP contribution in [0, 0.1) is 0 Å².